The van der Waals surface area contributed by atoms with Crippen LogP contribution in [0.2, 0.25) is 0 Å². The highest BCUT2D eigenvalue weighted by Gasteiger charge is 2.21. The number of anilines is 1. The summed E-state index contributed by atoms with van der Waals surface area (Å²) in [7, 11) is -3.65. The zero-order valence-corrected chi connectivity index (χ0v) is 17.1. The van der Waals surface area contributed by atoms with Crippen molar-refractivity contribution in [1.29, 1.82) is 0 Å². The van der Waals surface area contributed by atoms with Crippen LogP contribution in [0.5, 0.6) is 5.75 Å². The third-order valence-corrected chi connectivity index (χ3v) is 5.13. The largest absolute Gasteiger partial charge is 0.494 e. The van der Waals surface area contributed by atoms with E-state index in [0.717, 1.165) is 17.0 Å². The van der Waals surface area contributed by atoms with Crippen LogP contribution in [0.15, 0.2) is 42.5 Å². The molecule has 0 saturated heterocycles. The van der Waals surface area contributed by atoms with Gasteiger partial charge in [0.1, 0.15) is 11.6 Å². The number of benzene rings is 2. The molecule has 0 aliphatic heterocycles. The van der Waals surface area contributed by atoms with Gasteiger partial charge in [-0.05, 0) is 55.8 Å². The zero-order chi connectivity index (χ0) is 20.7. The fraction of sp³-hybridized carbons (Fsp3) is 0.350. The molecule has 2 rings (SSSR count). The molecule has 0 aromatic heterocycles. The minimum atomic E-state index is -3.65. The Kier molecular flexibility index (Phi) is 7.39. The van der Waals surface area contributed by atoms with E-state index in [-0.39, 0.29) is 12.5 Å². The molecule has 0 unspecified atom stereocenters. The summed E-state index contributed by atoms with van der Waals surface area (Å²) in [6.45, 7) is 4.67. The smallest absolute Gasteiger partial charge is 0.251 e. The fourth-order valence-corrected chi connectivity index (χ4v) is 3.52. The quantitative estimate of drug-likeness (QED) is 0.691. The van der Waals surface area contributed by atoms with Crippen molar-refractivity contribution in [2.75, 3.05) is 23.7 Å². The lowest BCUT2D eigenvalue weighted by Gasteiger charge is -2.24. The minimum Gasteiger partial charge on any atom is -0.494 e. The Hall–Kier alpha value is -2.61. The predicted octanol–water partition coefficient (Wildman–Crippen LogP) is 3.33. The van der Waals surface area contributed by atoms with Gasteiger partial charge in [0, 0.05) is 17.7 Å². The number of hydrogen-bond acceptors (Lipinski definition) is 4. The molecule has 2 aromatic carbocycles. The van der Waals surface area contributed by atoms with E-state index in [2.05, 4.69) is 5.32 Å². The highest BCUT2D eigenvalue weighted by molar-refractivity contribution is 7.92. The first-order chi connectivity index (χ1) is 13.3. The Balaban J connectivity index is 2.43. The standard InChI is InChI=1S/C20H25FN2O4S/c1-4-12-22-20(24)15-6-11-19(27-5-2)16(13-15)14-23(28(3,25)26)18-9-7-17(21)8-10-18/h6-11,13H,4-5,12,14H2,1-3H3,(H,22,24). The second-order valence-corrected chi connectivity index (χ2v) is 8.16. The van der Waals surface area contributed by atoms with Gasteiger partial charge in [0.15, 0.2) is 0 Å². The minimum absolute atomic E-state index is 0.0469. The van der Waals surface area contributed by atoms with Gasteiger partial charge in [-0.2, -0.15) is 0 Å². The average molecular weight is 408 g/mol. The number of amides is 1. The summed E-state index contributed by atoms with van der Waals surface area (Å²) < 4.78 is 44.7. The molecule has 0 heterocycles. The first-order valence-corrected chi connectivity index (χ1v) is 10.9. The molecule has 0 aliphatic rings. The maximum Gasteiger partial charge on any atom is 0.251 e. The van der Waals surface area contributed by atoms with Crippen LogP contribution in [-0.4, -0.2) is 33.7 Å². The van der Waals surface area contributed by atoms with Crippen molar-refractivity contribution in [3.05, 3.63) is 59.4 Å². The molecule has 8 heteroatoms. The number of sulfonamides is 1. The monoisotopic (exact) mass is 408 g/mol. The third-order valence-electron chi connectivity index (χ3n) is 3.99. The first kappa shape index (κ1) is 21.7. The van der Waals surface area contributed by atoms with Crippen molar-refractivity contribution in [3.8, 4) is 5.75 Å². The Labute approximate surface area is 165 Å². The number of carbonyl (C=O) groups is 1. The van der Waals surface area contributed by atoms with Gasteiger partial charge in [0.25, 0.3) is 5.91 Å². The number of hydrogen-bond donors (Lipinski definition) is 1. The zero-order valence-electron chi connectivity index (χ0n) is 16.2. The molecule has 0 atom stereocenters. The topological polar surface area (TPSA) is 75.7 Å². The van der Waals surface area contributed by atoms with Gasteiger partial charge in [-0.3, -0.25) is 9.10 Å². The Bertz CT molecular complexity index is 914. The number of nitrogens with one attached hydrogen (secondary N) is 1. The summed E-state index contributed by atoms with van der Waals surface area (Å²) in [5.41, 5.74) is 1.28. The second-order valence-electron chi connectivity index (χ2n) is 6.26. The molecule has 6 nitrogen and oxygen atoms in total. The van der Waals surface area contributed by atoms with E-state index >= 15 is 0 Å². The number of carbonyl (C=O) groups excluding carboxylic acids is 1. The van der Waals surface area contributed by atoms with Crippen LogP contribution in [0, 0.1) is 5.82 Å². The molecule has 0 bridgehead atoms. The van der Waals surface area contributed by atoms with Crippen LogP contribution in [0.25, 0.3) is 0 Å². The molecule has 152 valence electrons. The Morgan fingerprint density at radius 2 is 1.82 bits per heavy atom. The van der Waals surface area contributed by atoms with Crippen molar-refractivity contribution in [2.24, 2.45) is 0 Å². The molecule has 28 heavy (non-hydrogen) atoms. The van der Waals surface area contributed by atoms with Gasteiger partial charge < -0.3 is 10.1 Å². The highest BCUT2D eigenvalue weighted by atomic mass is 32.2. The SMILES string of the molecule is CCCNC(=O)c1ccc(OCC)c(CN(c2ccc(F)cc2)S(C)(=O)=O)c1. The Morgan fingerprint density at radius 3 is 2.39 bits per heavy atom. The van der Waals surface area contributed by atoms with Crippen molar-refractivity contribution < 1.29 is 22.3 Å². The summed E-state index contributed by atoms with van der Waals surface area (Å²) in [5.74, 6) is -0.203. The van der Waals surface area contributed by atoms with Gasteiger partial charge in [0.05, 0.1) is 25.1 Å². The lowest BCUT2D eigenvalue weighted by Crippen LogP contribution is -2.30. The normalized spacial score (nSPS) is 11.1. The Morgan fingerprint density at radius 1 is 1.14 bits per heavy atom. The molecule has 0 radical (unpaired) electrons. The van der Waals surface area contributed by atoms with E-state index in [9.17, 15) is 17.6 Å². The van der Waals surface area contributed by atoms with Gasteiger partial charge in [0.2, 0.25) is 10.0 Å². The van der Waals surface area contributed by atoms with E-state index in [4.69, 9.17) is 4.74 Å². The summed E-state index contributed by atoms with van der Waals surface area (Å²) in [5, 5.41) is 2.80. The lowest BCUT2D eigenvalue weighted by molar-refractivity contribution is 0.0953. The molecule has 1 amide bonds. The van der Waals surface area contributed by atoms with Crippen LogP contribution in [0.1, 0.15) is 36.2 Å². The molecular formula is C20H25FN2O4S. The van der Waals surface area contributed by atoms with Gasteiger partial charge in [-0.1, -0.05) is 6.92 Å². The van der Waals surface area contributed by atoms with Gasteiger partial charge >= 0.3 is 0 Å². The van der Waals surface area contributed by atoms with Crippen molar-refractivity contribution in [1.82, 2.24) is 5.32 Å². The molecular weight excluding hydrogens is 383 g/mol. The average Bonchev–Trinajstić information content (AvgIpc) is 2.65. The van der Waals surface area contributed by atoms with Crippen LogP contribution in [0.3, 0.4) is 0 Å². The highest BCUT2D eigenvalue weighted by Crippen LogP contribution is 2.27. The van der Waals surface area contributed by atoms with E-state index in [0.29, 0.717) is 35.7 Å². The number of rotatable bonds is 9. The van der Waals surface area contributed by atoms with Crippen LogP contribution >= 0.6 is 0 Å². The van der Waals surface area contributed by atoms with Gasteiger partial charge in [-0.15, -0.1) is 0 Å². The molecule has 0 fully saturated rings. The molecule has 0 spiro atoms. The van der Waals surface area contributed by atoms with E-state index < -0.39 is 15.8 Å². The number of nitrogens with zero attached hydrogens (tertiary/aromatic N) is 1. The van der Waals surface area contributed by atoms with Crippen LogP contribution in [-0.2, 0) is 16.6 Å². The van der Waals surface area contributed by atoms with Crippen LogP contribution in [0.4, 0.5) is 10.1 Å². The number of halogens is 1. The molecule has 1 N–H and O–H groups in total. The van der Waals surface area contributed by atoms with E-state index in [1.54, 1.807) is 18.2 Å². The third kappa shape index (κ3) is 5.69. The first-order valence-electron chi connectivity index (χ1n) is 9.03. The van der Waals surface area contributed by atoms with Crippen molar-refractivity contribution in [3.63, 3.8) is 0 Å². The maximum absolute atomic E-state index is 13.2. The van der Waals surface area contributed by atoms with E-state index in [1.807, 2.05) is 13.8 Å². The summed E-state index contributed by atoms with van der Waals surface area (Å²) in [6.07, 6.45) is 1.89. The van der Waals surface area contributed by atoms with E-state index in [1.165, 1.54) is 24.3 Å². The summed E-state index contributed by atoms with van der Waals surface area (Å²) >= 11 is 0. The van der Waals surface area contributed by atoms with Crippen molar-refractivity contribution in [2.45, 2.75) is 26.8 Å². The summed E-state index contributed by atoms with van der Waals surface area (Å²) in [4.78, 5) is 12.3. The van der Waals surface area contributed by atoms with Crippen molar-refractivity contribution >= 4 is 21.6 Å². The molecule has 2 aromatic rings. The fourth-order valence-electron chi connectivity index (χ4n) is 2.64. The number of ether oxygens (including phenoxy) is 1. The van der Waals surface area contributed by atoms with Crippen LogP contribution < -0.4 is 14.4 Å². The summed E-state index contributed by atoms with van der Waals surface area (Å²) in [6, 6.07) is 10.1. The second kappa shape index (κ2) is 9.54. The van der Waals surface area contributed by atoms with Gasteiger partial charge in [-0.25, -0.2) is 12.8 Å². The predicted molar refractivity (Wildman–Crippen MR) is 108 cm³/mol. The molecule has 0 aliphatic carbocycles. The molecule has 0 saturated carbocycles. The lowest BCUT2D eigenvalue weighted by atomic mass is 10.1. The maximum atomic E-state index is 13.2.